The fourth-order valence-electron chi connectivity index (χ4n) is 1.52. The average Bonchev–Trinajstić information content (AvgIpc) is 2.75. The van der Waals surface area contributed by atoms with Gasteiger partial charge < -0.3 is 9.47 Å². The van der Waals surface area contributed by atoms with Crippen LogP contribution >= 0.6 is 27.3 Å². The number of thiazole rings is 1. The van der Waals surface area contributed by atoms with E-state index in [9.17, 15) is 9.59 Å². The maximum absolute atomic E-state index is 12.0. The molecule has 0 unspecified atom stereocenters. The summed E-state index contributed by atoms with van der Waals surface area (Å²) in [6.45, 7) is 5.39. The Morgan fingerprint density at radius 1 is 1.32 bits per heavy atom. The largest absolute Gasteiger partial charge is 0.465 e. The molecule has 0 fully saturated rings. The van der Waals surface area contributed by atoms with E-state index >= 15 is 0 Å². The quantitative estimate of drug-likeness (QED) is 0.583. The molecule has 0 saturated carbocycles. The van der Waals surface area contributed by atoms with E-state index in [-0.39, 0.29) is 19.6 Å². The van der Waals surface area contributed by atoms with Crippen LogP contribution in [0.25, 0.3) is 0 Å². The summed E-state index contributed by atoms with van der Waals surface area (Å²) in [5, 5.41) is 0. The molecule has 0 aliphatic heterocycles. The maximum Gasteiger partial charge on any atom is 0.323 e. The molecule has 0 bridgehead atoms. The van der Waals surface area contributed by atoms with Gasteiger partial charge >= 0.3 is 11.9 Å². The van der Waals surface area contributed by atoms with Crippen molar-refractivity contribution >= 4 is 39.2 Å². The van der Waals surface area contributed by atoms with Gasteiger partial charge in [-0.05, 0) is 36.7 Å². The molecule has 0 saturated heterocycles. The molecule has 0 amide bonds. The summed E-state index contributed by atoms with van der Waals surface area (Å²) >= 11 is 4.63. The zero-order valence-corrected chi connectivity index (χ0v) is 13.5. The molecule has 0 aliphatic carbocycles. The van der Waals surface area contributed by atoms with E-state index in [2.05, 4.69) is 20.9 Å². The molecule has 0 aromatic carbocycles. The molecular weight excluding hydrogens is 334 g/mol. The number of nitrogens with zero attached hydrogens (tertiary/aromatic N) is 1. The Balaban J connectivity index is 2.97. The smallest absolute Gasteiger partial charge is 0.323 e. The fraction of sp³-hybridized carbons (Fsp3) is 0.583. The van der Waals surface area contributed by atoms with Crippen molar-refractivity contribution in [2.75, 3.05) is 13.2 Å². The minimum absolute atomic E-state index is 0.216. The van der Waals surface area contributed by atoms with Crippen LogP contribution in [0.1, 0.15) is 25.6 Å². The van der Waals surface area contributed by atoms with E-state index in [1.165, 1.54) is 18.3 Å². The van der Waals surface area contributed by atoms with Gasteiger partial charge in [0.15, 0.2) is 9.33 Å². The molecule has 1 aromatic heterocycles. The SMILES string of the molecule is CCOC(=O)C(C)(Cc1cnc(Br)s1)C(=O)OCC. The second kappa shape index (κ2) is 7.00. The number of rotatable bonds is 6. The fourth-order valence-corrected chi connectivity index (χ4v) is 3.04. The molecule has 1 aromatic rings. The van der Waals surface area contributed by atoms with Gasteiger partial charge in [0, 0.05) is 17.5 Å². The molecule has 0 aliphatic rings. The standard InChI is InChI=1S/C12H16BrNO4S/c1-4-17-9(15)12(3,10(16)18-5-2)6-8-7-14-11(13)19-8/h7H,4-6H2,1-3H3. The van der Waals surface area contributed by atoms with Crippen LogP contribution in [0.15, 0.2) is 10.1 Å². The molecule has 1 heterocycles. The van der Waals surface area contributed by atoms with Gasteiger partial charge in [-0.15, -0.1) is 11.3 Å². The Bertz CT molecular complexity index is 442. The van der Waals surface area contributed by atoms with E-state index in [0.29, 0.717) is 3.92 Å². The van der Waals surface area contributed by atoms with Crippen LogP contribution in [-0.4, -0.2) is 30.1 Å². The summed E-state index contributed by atoms with van der Waals surface area (Å²) in [5.74, 6) is -1.14. The highest BCUT2D eigenvalue weighted by Gasteiger charge is 2.44. The molecule has 0 radical (unpaired) electrons. The third kappa shape index (κ3) is 4.01. The first-order valence-corrected chi connectivity index (χ1v) is 7.49. The lowest BCUT2D eigenvalue weighted by atomic mass is 9.86. The van der Waals surface area contributed by atoms with Crippen LogP contribution in [0.3, 0.4) is 0 Å². The summed E-state index contributed by atoms with van der Waals surface area (Å²) in [6.07, 6.45) is 1.85. The number of hydrogen-bond donors (Lipinski definition) is 0. The van der Waals surface area contributed by atoms with Crippen molar-refractivity contribution in [3.8, 4) is 0 Å². The predicted molar refractivity (Wildman–Crippen MR) is 74.9 cm³/mol. The normalized spacial score (nSPS) is 11.2. The van der Waals surface area contributed by atoms with Crippen molar-refractivity contribution in [3.05, 3.63) is 15.0 Å². The van der Waals surface area contributed by atoms with Crippen molar-refractivity contribution in [3.63, 3.8) is 0 Å². The van der Waals surface area contributed by atoms with Gasteiger partial charge in [0.1, 0.15) is 0 Å². The highest BCUT2D eigenvalue weighted by molar-refractivity contribution is 9.11. The van der Waals surface area contributed by atoms with Gasteiger partial charge in [0.2, 0.25) is 0 Å². The van der Waals surface area contributed by atoms with Crippen LogP contribution in [0.5, 0.6) is 0 Å². The van der Waals surface area contributed by atoms with Gasteiger partial charge in [-0.25, -0.2) is 4.98 Å². The predicted octanol–water partition coefficient (Wildman–Crippen LogP) is 2.58. The zero-order chi connectivity index (χ0) is 14.5. The first-order chi connectivity index (χ1) is 8.93. The molecule has 7 heteroatoms. The van der Waals surface area contributed by atoms with E-state index in [1.807, 2.05) is 0 Å². The third-order valence-electron chi connectivity index (χ3n) is 2.51. The van der Waals surface area contributed by atoms with Crippen LogP contribution in [0, 0.1) is 5.41 Å². The van der Waals surface area contributed by atoms with E-state index < -0.39 is 17.4 Å². The van der Waals surface area contributed by atoms with Crippen molar-refractivity contribution < 1.29 is 19.1 Å². The van der Waals surface area contributed by atoms with E-state index in [0.717, 1.165) is 4.88 Å². The molecule has 5 nitrogen and oxygen atoms in total. The van der Waals surface area contributed by atoms with Crippen molar-refractivity contribution in [2.45, 2.75) is 27.2 Å². The van der Waals surface area contributed by atoms with Gasteiger partial charge in [-0.3, -0.25) is 9.59 Å². The minimum Gasteiger partial charge on any atom is -0.465 e. The number of ether oxygens (including phenoxy) is 2. The number of esters is 2. The summed E-state index contributed by atoms with van der Waals surface area (Å²) < 4.78 is 10.7. The summed E-state index contributed by atoms with van der Waals surface area (Å²) in [4.78, 5) is 28.9. The lowest BCUT2D eigenvalue weighted by Gasteiger charge is -2.24. The summed E-state index contributed by atoms with van der Waals surface area (Å²) in [6, 6.07) is 0. The Kier molecular flexibility index (Phi) is 5.93. The Hall–Kier alpha value is -0.950. The second-order valence-corrected chi connectivity index (χ2v) is 6.42. The molecule has 19 heavy (non-hydrogen) atoms. The first kappa shape index (κ1) is 16.1. The Morgan fingerprint density at radius 3 is 2.21 bits per heavy atom. The first-order valence-electron chi connectivity index (χ1n) is 5.88. The highest BCUT2D eigenvalue weighted by atomic mass is 79.9. The van der Waals surface area contributed by atoms with Crippen molar-refractivity contribution in [2.24, 2.45) is 5.41 Å². The number of halogens is 1. The third-order valence-corrected chi connectivity index (χ3v) is 3.98. The van der Waals surface area contributed by atoms with Gasteiger partial charge in [-0.1, -0.05) is 0 Å². The molecule has 0 atom stereocenters. The maximum atomic E-state index is 12.0. The van der Waals surface area contributed by atoms with Crippen LogP contribution in [0.4, 0.5) is 0 Å². The second-order valence-electron chi connectivity index (χ2n) is 4.03. The lowest BCUT2D eigenvalue weighted by molar-refractivity contribution is -0.170. The van der Waals surface area contributed by atoms with Crippen molar-refractivity contribution in [1.82, 2.24) is 4.98 Å². The Labute approximate surface area is 124 Å². The van der Waals surface area contributed by atoms with Gasteiger partial charge in [0.25, 0.3) is 0 Å². The molecular formula is C12H16BrNO4S. The molecule has 0 N–H and O–H groups in total. The van der Waals surface area contributed by atoms with Crippen LogP contribution in [-0.2, 0) is 25.5 Å². The lowest BCUT2D eigenvalue weighted by Crippen LogP contribution is -2.41. The molecule has 106 valence electrons. The van der Waals surface area contributed by atoms with Gasteiger partial charge in [0.05, 0.1) is 13.2 Å². The minimum atomic E-state index is -1.34. The average molecular weight is 350 g/mol. The molecule has 0 spiro atoms. The Morgan fingerprint density at radius 2 is 1.84 bits per heavy atom. The van der Waals surface area contributed by atoms with E-state index in [4.69, 9.17) is 9.47 Å². The van der Waals surface area contributed by atoms with E-state index in [1.54, 1.807) is 20.0 Å². The topological polar surface area (TPSA) is 65.5 Å². The monoisotopic (exact) mass is 349 g/mol. The zero-order valence-electron chi connectivity index (χ0n) is 11.1. The van der Waals surface area contributed by atoms with Crippen LogP contribution in [0.2, 0.25) is 0 Å². The number of carbonyl (C=O) groups is 2. The summed E-state index contributed by atoms with van der Waals surface area (Å²) in [7, 11) is 0. The van der Waals surface area contributed by atoms with Crippen molar-refractivity contribution in [1.29, 1.82) is 0 Å². The molecule has 1 rings (SSSR count). The summed E-state index contributed by atoms with van der Waals surface area (Å²) in [5.41, 5.74) is -1.34. The number of carbonyl (C=O) groups excluding carboxylic acids is 2. The highest BCUT2D eigenvalue weighted by Crippen LogP contribution is 2.30. The van der Waals surface area contributed by atoms with Crippen LogP contribution < -0.4 is 0 Å². The number of aromatic nitrogens is 1. The number of hydrogen-bond acceptors (Lipinski definition) is 6. The van der Waals surface area contributed by atoms with Gasteiger partial charge in [-0.2, -0.15) is 0 Å².